The van der Waals surface area contributed by atoms with E-state index in [0.717, 1.165) is 16.1 Å². The van der Waals surface area contributed by atoms with Crippen LogP contribution in [0.25, 0.3) is 10.8 Å². The van der Waals surface area contributed by atoms with Crippen molar-refractivity contribution in [2.45, 2.75) is 6.32 Å². The topological polar surface area (TPSA) is 69.7 Å². The molecule has 1 heterocycles. The fourth-order valence-electron chi connectivity index (χ4n) is 2.78. The van der Waals surface area contributed by atoms with Gasteiger partial charge in [-0.25, -0.2) is 0 Å². The highest BCUT2D eigenvalue weighted by molar-refractivity contribution is 6.27. The molecule has 2 aromatic rings. The van der Waals surface area contributed by atoms with E-state index in [1.54, 1.807) is 26.0 Å². The zero-order valence-electron chi connectivity index (χ0n) is 13.2. The number of nitrogens with one attached hydrogen (secondary N) is 1. The summed E-state index contributed by atoms with van der Waals surface area (Å²) in [6, 6.07) is 8.88. The molecule has 3 rings (SSSR count). The average molecular weight is 309 g/mol. The van der Waals surface area contributed by atoms with Gasteiger partial charge in [0.1, 0.15) is 7.85 Å². The number of carbonyl (C=O) groups excluding carboxylic acids is 3. The molecular formula is C16H16BN3O3. The van der Waals surface area contributed by atoms with E-state index in [2.05, 4.69) is 5.43 Å². The zero-order valence-corrected chi connectivity index (χ0v) is 13.2. The fourth-order valence-corrected chi connectivity index (χ4v) is 2.78. The van der Waals surface area contributed by atoms with Crippen LogP contribution in [0.1, 0.15) is 20.7 Å². The Morgan fingerprint density at radius 2 is 1.78 bits per heavy atom. The lowest BCUT2D eigenvalue weighted by Crippen LogP contribution is -2.51. The van der Waals surface area contributed by atoms with E-state index in [4.69, 9.17) is 0 Å². The molecule has 0 bridgehead atoms. The third-order valence-electron chi connectivity index (χ3n) is 3.92. The number of amides is 3. The summed E-state index contributed by atoms with van der Waals surface area (Å²) in [5, 5.41) is 2.28. The SMILES string of the molecule is BCC(=O)NN1C(=O)c2cccc3c(N(C)C)ccc(c23)C1=O. The van der Waals surface area contributed by atoms with Crippen molar-refractivity contribution in [3.05, 3.63) is 41.5 Å². The third kappa shape index (κ3) is 2.25. The Bertz CT molecular complexity index is 826. The van der Waals surface area contributed by atoms with Gasteiger partial charge in [0, 0.05) is 30.6 Å². The van der Waals surface area contributed by atoms with Crippen LogP contribution in [0.4, 0.5) is 5.69 Å². The maximum atomic E-state index is 12.6. The smallest absolute Gasteiger partial charge is 0.280 e. The molecule has 0 aromatic heterocycles. The number of rotatable bonds is 3. The van der Waals surface area contributed by atoms with Crippen molar-refractivity contribution in [2.24, 2.45) is 0 Å². The van der Waals surface area contributed by atoms with E-state index in [-0.39, 0.29) is 12.2 Å². The Kier molecular flexibility index (Phi) is 3.56. The minimum atomic E-state index is -0.509. The molecule has 0 saturated heterocycles. The first-order chi connectivity index (χ1) is 11.0. The molecule has 0 spiro atoms. The molecule has 7 heteroatoms. The van der Waals surface area contributed by atoms with E-state index in [1.165, 1.54) is 0 Å². The van der Waals surface area contributed by atoms with Gasteiger partial charge in [0.05, 0.1) is 11.1 Å². The van der Waals surface area contributed by atoms with E-state index < -0.39 is 11.8 Å². The van der Waals surface area contributed by atoms with Gasteiger partial charge in [0.25, 0.3) is 11.8 Å². The summed E-state index contributed by atoms with van der Waals surface area (Å²) >= 11 is 0. The molecule has 0 saturated carbocycles. The Labute approximate surface area is 134 Å². The van der Waals surface area contributed by atoms with Gasteiger partial charge in [-0.3, -0.25) is 19.8 Å². The number of anilines is 1. The van der Waals surface area contributed by atoms with Crippen LogP contribution in [0.2, 0.25) is 6.32 Å². The molecule has 3 amide bonds. The Balaban J connectivity index is 2.23. The molecule has 23 heavy (non-hydrogen) atoms. The summed E-state index contributed by atoms with van der Waals surface area (Å²) in [4.78, 5) is 38.8. The molecule has 1 aliphatic rings. The lowest BCUT2D eigenvalue weighted by Gasteiger charge is -2.28. The van der Waals surface area contributed by atoms with Gasteiger partial charge in [-0.1, -0.05) is 12.1 Å². The maximum absolute atomic E-state index is 12.6. The second kappa shape index (κ2) is 5.42. The van der Waals surface area contributed by atoms with Crippen LogP contribution < -0.4 is 10.3 Å². The molecule has 1 N–H and O–H groups in total. The predicted molar refractivity (Wildman–Crippen MR) is 90.3 cm³/mol. The predicted octanol–water partition coefficient (Wildman–Crippen LogP) is 0.584. The summed E-state index contributed by atoms with van der Waals surface area (Å²) in [5.74, 6) is -1.40. The number of imide groups is 1. The van der Waals surface area contributed by atoms with Crippen LogP contribution in [-0.2, 0) is 4.79 Å². The van der Waals surface area contributed by atoms with E-state index in [9.17, 15) is 14.4 Å². The molecule has 1 aliphatic heterocycles. The average Bonchev–Trinajstić information content (AvgIpc) is 2.55. The van der Waals surface area contributed by atoms with Crippen molar-refractivity contribution in [3.63, 3.8) is 0 Å². The van der Waals surface area contributed by atoms with Crippen molar-refractivity contribution < 1.29 is 14.4 Å². The Morgan fingerprint density at radius 3 is 2.39 bits per heavy atom. The zero-order chi connectivity index (χ0) is 16.7. The minimum Gasteiger partial charge on any atom is -0.377 e. The molecule has 0 aliphatic carbocycles. The number of benzene rings is 2. The standard InChI is InChI=1S/C16H16BN3O3/c1-19(2)12-7-6-11-14-9(12)4-3-5-10(14)15(22)20(16(11)23)18-13(21)8-17/h3-7H,8,17H2,1-2H3,(H,18,21). The molecule has 0 atom stereocenters. The molecule has 0 radical (unpaired) electrons. The fraction of sp³-hybridized carbons (Fsp3) is 0.188. The first-order valence-electron chi connectivity index (χ1n) is 7.37. The van der Waals surface area contributed by atoms with Gasteiger partial charge < -0.3 is 4.90 Å². The molecule has 6 nitrogen and oxygen atoms in total. The van der Waals surface area contributed by atoms with E-state index >= 15 is 0 Å². The van der Waals surface area contributed by atoms with Crippen LogP contribution in [0, 0.1) is 0 Å². The molecule has 0 fully saturated rings. The van der Waals surface area contributed by atoms with Crippen LogP contribution in [0.3, 0.4) is 0 Å². The summed E-state index contributed by atoms with van der Waals surface area (Å²) in [7, 11) is 5.47. The van der Waals surface area contributed by atoms with Gasteiger partial charge in [-0.2, -0.15) is 5.01 Å². The normalized spacial score (nSPS) is 13.4. The Hall–Kier alpha value is -2.83. The highest BCUT2D eigenvalue weighted by Gasteiger charge is 2.34. The molecular weight excluding hydrogens is 293 g/mol. The van der Waals surface area contributed by atoms with Crippen LogP contribution >= 0.6 is 0 Å². The van der Waals surface area contributed by atoms with Crippen LogP contribution in [-0.4, -0.2) is 44.7 Å². The van der Waals surface area contributed by atoms with Gasteiger partial charge in [0.15, 0.2) is 0 Å². The number of hydrazine groups is 1. The van der Waals surface area contributed by atoms with Crippen LogP contribution in [0.15, 0.2) is 30.3 Å². The van der Waals surface area contributed by atoms with Crippen molar-refractivity contribution in [3.8, 4) is 0 Å². The molecule has 0 unspecified atom stereocenters. The van der Waals surface area contributed by atoms with Gasteiger partial charge >= 0.3 is 0 Å². The molecule has 2 aromatic carbocycles. The van der Waals surface area contributed by atoms with Crippen molar-refractivity contribution in [2.75, 3.05) is 19.0 Å². The van der Waals surface area contributed by atoms with Crippen molar-refractivity contribution in [1.82, 2.24) is 10.4 Å². The van der Waals surface area contributed by atoms with E-state index in [0.29, 0.717) is 16.5 Å². The summed E-state index contributed by atoms with van der Waals surface area (Å²) < 4.78 is 0. The highest BCUT2D eigenvalue weighted by atomic mass is 16.2. The second-order valence-electron chi connectivity index (χ2n) is 5.59. The highest BCUT2D eigenvalue weighted by Crippen LogP contribution is 2.34. The van der Waals surface area contributed by atoms with Crippen molar-refractivity contribution >= 4 is 42.0 Å². The van der Waals surface area contributed by atoms with Gasteiger partial charge in [-0.05, 0) is 24.5 Å². The Morgan fingerprint density at radius 1 is 1.13 bits per heavy atom. The van der Waals surface area contributed by atoms with Gasteiger partial charge in [0.2, 0.25) is 5.91 Å². The van der Waals surface area contributed by atoms with Crippen LogP contribution in [0.5, 0.6) is 0 Å². The monoisotopic (exact) mass is 309 g/mol. The number of hydrogen-bond donors (Lipinski definition) is 1. The maximum Gasteiger partial charge on any atom is 0.280 e. The second-order valence-corrected chi connectivity index (χ2v) is 5.59. The quantitative estimate of drug-likeness (QED) is 0.665. The lowest BCUT2D eigenvalue weighted by molar-refractivity contribution is -0.122. The number of carbonyl (C=O) groups is 3. The lowest BCUT2D eigenvalue weighted by atomic mass is 9.93. The summed E-state index contributed by atoms with van der Waals surface area (Å²) in [6.45, 7) is 0. The summed E-state index contributed by atoms with van der Waals surface area (Å²) in [5.41, 5.74) is 4.13. The first-order valence-corrected chi connectivity index (χ1v) is 7.37. The van der Waals surface area contributed by atoms with E-state index in [1.807, 2.05) is 31.1 Å². The largest absolute Gasteiger partial charge is 0.377 e. The van der Waals surface area contributed by atoms with Crippen molar-refractivity contribution in [1.29, 1.82) is 0 Å². The minimum absolute atomic E-state index is 0.188. The summed E-state index contributed by atoms with van der Waals surface area (Å²) in [6.07, 6.45) is 0.188. The molecule has 116 valence electrons. The number of hydrogen-bond acceptors (Lipinski definition) is 4. The first kappa shape index (κ1) is 15.1. The number of nitrogens with zero attached hydrogens (tertiary/aromatic N) is 2. The third-order valence-corrected chi connectivity index (χ3v) is 3.92. The van der Waals surface area contributed by atoms with Gasteiger partial charge in [-0.15, -0.1) is 0 Å².